The first kappa shape index (κ1) is 21.7. The van der Waals surface area contributed by atoms with E-state index in [1.807, 2.05) is 60.0 Å². The highest BCUT2D eigenvalue weighted by Gasteiger charge is 2.05. The van der Waals surface area contributed by atoms with E-state index in [1.165, 1.54) is 11.3 Å². The topological polar surface area (TPSA) is 46.5 Å². The Bertz CT molecular complexity index is 1210. The fourth-order valence-electron chi connectivity index (χ4n) is 2.72. The summed E-state index contributed by atoms with van der Waals surface area (Å²) < 4.78 is 5.85. The Morgan fingerprint density at radius 2 is 1.77 bits per heavy atom. The van der Waals surface area contributed by atoms with Crippen LogP contribution in [0, 0.1) is 0 Å². The third kappa shape index (κ3) is 5.99. The Morgan fingerprint density at radius 3 is 2.58 bits per heavy atom. The number of hydrogen-bond donors (Lipinski definition) is 1. The van der Waals surface area contributed by atoms with Crippen LogP contribution in [0.4, 0.5) is 5.13 Å². The molecule has 0 fully saturated rings. The maximum absolute atomic E-state index is 6.20. The fourth-order valence-corrected chi connectivity index (χ4v) is 3.98. The summed E-state index contributed by atoms with van der Waals surface area (Å²) in [6, 6.07) is 20.5. The quantitative estimate of drug-likeness (QED) is 0.213. The van der Waals surface area contributed by atoms with Crippen LogP contribution in [0.25, 0.3) is 11.3 Å². The Balaban J connectivity index is 1.36. The summed E-state index contributed by atoms with van der Waals surface area (Å²) in [4.78, 5) is 4.54. The molecule has 4 nitrogen and oxygen atoms in total. The lowest BCUT2D eigenvalue weighted by molar-refractivity contribution is 0.306. The molecule has 0 amide bonds. The van der Waals surface area contributed by atoms with Gasteiger partial charge in [-0.3, -0.25) is 5.43 Å². The third-order valence-corrected chi connectivity index (χ3v) is 5.87. The van der Waals surface area contributed by atoms with Crippen molar-refractivity contribution in [1.82, 2.24) is 4.98 Å². The van der Waals surface area contributed by atoms with E-state index < -0.39 is 0 Å². The molecule has 4 rings (SSSR count). The Morgan fingerprint density at radius 1 is 0.968 bits per heavy atom. The van der Waals surface area contributed by atoms with Gasteiger partial charge in [-0.15, -0.1) is 11.3 Å². The number of thiazole rings is 1. The van der Waals surface area contributed by atoms with Gasteiger partial charge in [-0.2, -0.15) is 5.10 Å². The van der Waals surface area contributed by atoms with E-state index in [9.17, 15) is 0 Å². The normalized spacial score (nSPS) is 11.1. The summed E-state index contributed by atoms with van der Waals surface area (Å²) >= 11 is 19.5. The van der Waals surface area contributed by atoms with Crippen LogP contribution in [-0.2, 0) is 6.61 Å². The Hall–Kier alpha value is -2.57. The molecule has 0 unspecified atom stereocenters. The van der Waals surface area contributed by atoms with Crippen LogP contribution in [0.5, 0.6) is 5.75 Å². The standard InChI is InChI=1S/C23H16Cl3N3OS/c24-18-7-4-16(5-8-18)22-14-31-23(28-22)29-27-12-15-2-1-3-20(10-15)30-13-17-6-9-19(25)11-21(17)26/h1-12,14H,13H2,(H,28,29)/b27-12-. The number of ether oxygens (including phenoxy) is 1. The summed E-state index contributed by atoms with van der Waals surface area (Å²) in [5, 5.41) is 8.82. The number of rotatable bonds is 7. The highest BCUT2D eigenvalue weighted by Crippen LogP contribution is 2.26. The molecular weight excluding hydrogens is 473 g/mol. The molecule has 0 aliphatic heterocycles. The highest BCUT2D eigenvalue weighted by molar-refractivity contribution is 7.14. The van der Waals surface area contributed by atoms with Crippen molar-refractivity contribution < 1.29 is 4.74 Å². The maximum Gasteiger partial charge on any atom is 0.203 e. The first-order chi connectivity index (χ1) is 15.1. The van der Waals surface area contributed by atoms with Crippen molar-refractivity contribution in [2.45, 2.75) is 6.61 Å². The van der Waals surface area contributed by atoms with Gasteiger partial charge in [0.25, 0.3) is 0 Å². The predicted molar refractivity (Wildman–Crippen MR) is 131 cm³/mol. The van der Waals surface area contributed by atoms with Crippen molar-refractivity contribution in [2.75, 3.05) is 5.43 Å². The Kier molecular flexibility index (Phi) is 7.10. The zero-order valence-electron chi connectivity index (χ0n) is 16.1. The van der Waals surface area contributed by atoms with E-state index in [0.717, 1.165) is 22.4 Å². The van der Waals surface area contributed by atoms with Gasteiger partial charge < -0.3 is 4.74 Å². The Labute approximate surface area is 199 Å². The molecule has 1 aromatic heterocycles. The highest BCUT2D eigenvalue weighted by atomic mass is 35.5. The van der Waals surface area contributed by atoms with Gasteiger partial charge in [-0.25, -0.2) is 4.98 Å². The molecule has 8 heteroatoms. The van der Waals surface area contributed by atoms with Crippen LogP contribution in [0.1, 0.15) is 11.1 Å². The molecule has 1 heterocycles. The number of anilines is 1. The number of nitrogens with zero attached hydrogens (tertiary/aromatic N) is 2. The number of halogens is 3. The maximum atomic E-state index is 6.20. The van der Waals surface area contributed by atoms with Gasteiger partial charge in [-0.1, -0.05) is 65.1 Å². The third-order valence-electron chi connectivity index (χ3n) is 4.29. The summed E-state index contributed by atoms with van der Waals surface area (Å²) in [6.07, 6.45) is 1.71. The molecule has 156 valence electrons. The van der Waals surface area contributed by atoms with Crippen molar-refractivity contribution in [3.63, 3.8) is 0 Å². The molecule has 31 heavy (non-hydrogen) atoms. The van der Waals surface area contributed by atoms with Gasteiger partial charge in [0.1, 0.15) is 12.4 Å². The molecule has 4 aromatic rings. The van der Waals surface area contributed by atoms with Crippen LogP contribution < -0.4 is 10.2 Å². The van der Waals surface area contributed by atoms with Gasteiger partial charge in [0.2, 0.25) is 5.13 Å². The second-order valence-electron chi connectivity index (χ2n) is 6.51. The van der Waals surface area contributed by atoms with Gasteiger partial charge in [0.05, 0.1) is 11.9 Å². The zero-order chi connectivity index (χ0) is 21.6. The zero-order valence-corrected chi connectivity index (χ0v) is 19.1. The minimum absolute atomic E-state index is 0.349. The van der Waals surface area contributed by atoms with E-state index in [4.69, 9.17) is 39.5 Å². The predicted octanol–water partition coefficient (Wildman–Crippen LogP) is 7.80. The van der Waals surface area contributed by atoms with E-state index in [2.05, 4.69) is 15.5 Å². The summed E-state index contributed by atoms with van der Waals surface area (Å²) in [5.41, 5.74) is 6.60. The number of benzene rings is 3. The lowest BCUT2D eigenvalue weighted by Crippen LogP contribution is -1.97. The summed E-state index contributed by atoms with van der Waals surface area (Å²) in [5.74, 6) is 0.717. The number of aromatic nitrogens is 1. The van der Waals surface area contributed by atoms with Crippen LogP contribution >= 0.6 is 46.1 Å². The minimum atomic E-state index is 0.349. The monoisotopic (exact) mass is 487 g/mol. The number of hydrogen-bond acceptors (Lipinski definition) is 5. The fraction of sp³-hybridized carbons (Fsp3) is 0.0435. The lowest BCUT2D eigenvalue weighted by atomic mass is 10.2. The van der Waals surface area contributed by atoms with Crippen molar-refractivity contribution in [3.05, 3.63) is 98.3 Å². The molecule has 0 spiro atoms. The second-order valence-corrected chi connectivity index (χ2v) is 8.65. The number of hydrazone groups is 1. The first-order valence-electron chi connectivity index (χ1n) is 9.24. The lowest BCUT2D eigenvalue weighted by Gasteiger charge is -2.08. The number of nitrogens with one attached hydrogen (secondary N) is 1. The molecule has 0 saturated heterocycles. The molecule has 0 atom stereocenters. The van der Waals surface area contributed by atoms with Crippen molar-refractivity contribution in [3.8, 4) is 17.0 Å². The van der Waals surface area contributed by atoms with E-state index in [0.29, 0.717) is 32.6 Å². The average molecular weight is 489 g/mol. The van der Waals surface area contributed by atoms with E-state index >= 15 is 0 Å². The molecule has 0 aliphatic carbocycles. The molecule has 1 N–H and O–H groups in total. The van der Waals surface area contributed by atoms with Crippen LogP contribution in [-0.4, -0.2) is 11.2 Å². The van der Waals surface area contributed by atoms with Crippen LogP contribution in [0.2, 0.25) is 15.1 Å². The first-order valence-corrected chi connectivity index (χ1v) is 11.3. The van der Waals surface area contributed by atoms with Gasteiger partial charge in [0.15, 0.2) is 0 Å². The van der Waals surface area contributed by atoms with Crippen LogP contribution in [0.3, 0.4) is 0 Å². The van der Waals surface area contributed by atoms with Crippen molar-refractivity contribution >= 4 is 57.5 Å². The van der Waals surface area contributed by atoms with Crippen molar-refractivity contribution in [1.29, 1.82) is 0 Å². The second kappa shape index (κ2) is 10.2. The SMILES string of the molecule is Clc1ccc(-c2csc(N/N=C\c3cccc(OCc4ccc(Cl)cc4Cl)c3)n2)cc1. The summed E-state index contributed by atoms with van der Waals surface area (Å²) in [6.45, 7) is 0.349. The van der Waals surface area contributed by atoms with Gasteiger partial charge in [-0.05, 0) is 42.0 Å². The minimum Gasteiger partial charge on any atom is -0.489 e. The average Bonchev–Trinajstić information content (AvgIpc) is 3.23. The molecule has 3 aromatic carbocycles. The van der Waals surface area contributed by atoms with Crippen LogP contribution in [0.15, 0.2) is 77.2 Å². The smallest absolute Gasteiger partial charge is 0.203 e. The molecule has 0 bridgehead atoms. The molecule has 0 radical (unpaired) electrons. The van der Waals surface area contributed by atoms with Crippen molar-refractivity contribution in [2.24, 2.45) is 5.10 Å². The molecular formula is C23H16Cl3N3OS. The van der Waals surface area contributed by atoms with E-state index in [-0.39, 0.29) is 0 Å². The summed E-state index contributed by atoms with van der Waals surface area (Å²) in [7, 11) is 0. The largest absolute Gasteiger partial charge is 0.489 e. The molecule has 0 saturated carbocycles. The molecule has 0 aliphatic rings. The van der Waals surface area contributed by atoms with Gasteiger partial charge >= 0.3 is 0 Å². The van der Waals surface area contributed by atoms with Gasteiger partial charge in [0, 0.05) is 31.6 Å². The van der Waals surface area contributed by atoms with E-state index in [1.54, 1.807) is 18.3 Å².